The Bertz CT molecular complexity index is 1700. The van der Waals surface area contributed by atoms with Gasteiger partial charge in [-0.3, -0.25) is 4.79 Å². The normalized spacial score (nSPS) is 11.1. The van der Waals surface area contributed by atoms with Crippen molar-refractivity contribution in [2.45, 2.75) is 6.92 Å². The van der Waals surface area contributed by atoms with Crippen molar-refractivity contribution < 1.29 is 4.79 Å². The van der Waals surface area contributed by atoms with Gasteiger partial charge in [0.25, 0.3) is 5.91 Å². The first-order valence-corrected chi connectivity index (χ1v) is 11.0. The van der Waals surface area contributed by atoms with E-state index >= 15 is 0 Å². The molecule has 0 bridgehead atoms. The molecule has 6 rings (SSSR count). The Morgan fingerprint density at radius 3 is 2.80 bits per heavy atom. The molecule has 9 nitrogen and oxygen atoms in total. The maximum absolute atomic E-state index is 13.0. The van der Waals surface area contributed by atoms with Crippen molar-refractivity contribution >= 4 is 45.2 Å². The summed E-state index contributed by atoms with van der Waals surface area (Å²) < 4.78 is 0. The molecule has 1 amide bonds. The number of aryl methyl sites for hydroxylation is 1. The van der Waals surface area contributed by atoms with Crippen molar-refractivity contribution in [3.8, 4) is 11.3 Å². The van der Waals surface area contributed by atoms with E-state index in [1.54, 1.807) is 18.7 Å². The van der Waals surface area contributed by atoms with Crippen LogP contribution in [0.2, 0.25) is 0 Å². The largest absolute Gasteiger partial charge is 0.360 e. The van der Waals surface area contributed by atoms with Crippen LogP contribution in [0.25, 0.3) is 33.3 Å². The number of benzene rings is 2. The van der Waals surface area contributed by atoms with E-state index in [4.69, 9.17) is 0 Å². The molecule has 0 aliphatic rings. The van der Waals surface area contributed by atoms with E-state index in [2.05, 4.69) is 40.5 Å². The quantitative estimate of drug-likeness (QED) is 0.280. The van der Waals surface area contributed by atoms with Gasteiger partial charge >= 0.3 is 0 Å². The average Bonchev–Trinajstić information content (AvgIpc) is 3.54. The summed E-state index contributed by atoms with van der Waals surface area (Å²) in [5, 5.41) is 7.29. The van der Waals surface area contributed by atoms with Crippen molar-refractivity contribution in [1.82, 2.24) is 29.9 Å². The van der Waals surface area contributed by atoms with Gasteiger partial charge in [0.2, 0.25) is 0 Å². The predicted octanol–water partition coefficient (Wildman–Crippen LogP) is 5.20. The number of aromatic nitrogens is 6. The van der Waals surface area contributed by atoms with Gasteiger partial charge in [-0.2, -0.15) is 0 Å². The second-order valence-electron chi connectivity index (χ2n) is 8.08. The predicted molar refractivity (Wildman–Crippen MR) is 136 cm³/mol. The fourth-order valence-corrected chi connectivity index (χ4v) is 4.08. The fourth-order valence-electron chi connectivity index (χ4n) is 4.08. The molecule has 0 aliphatic carbocycles. The summed E-state index contributed by atoms with van der Waals surface area (Å²) in [4.78, 5) is 36.7. The van der Waals surface area contributed by atoms with Crippen LogP contribution < -0.4 is 10.6 Å². The molecule has 4 N–H and O–H groups in total. The van der Waals surface area contributed by atoms with E-state index in [1.165, 1.54) is 6.33 Å². The van der Waals surface area contributed by atoms with Crippen molar-refractivity contribution in [3.05, 3.63) is 90.8 Å². The van der Waals surface area contributed by atoms with E-state index in [9.17, 15) is 4.79 Å². The summed E-state index contributed by atoms with van der Waals surface area (Å²) in [7, 11) is 0. The number of amides is 1. The third-order valence-corrected chi connectivity index (χ3v) is 5.86. The number of hydrogen-bond acceptors (Lipinski definition) is 6. The Hall–Kier alpha value is -5.05. The smallest absolute Gasteiger partial charge is 0.257 e. The van der Waals surface area contributed by atoms with Gasteiger partial charge in [-0.15, -0.1) is 0 Å². The lowest BCUT2D eigenvalue weighted by atomic mass is 10.1. The van der Waals surface area contributed by atoms with E-state index in [1.807, 2.05) is 61.5 Å². The standard InChI is InChI=1S/C26H20N8O/c1-15-8-9-16(33-26(35)19-12-28-20-7-3-2-5-17(19)20)11-21(15)34-24-18(6-4-10-27-24)22-23-25(31-13-29-22)32-14-30-23/h2-14,28H,1H3,(H,27,34)(H,33,35)(H,29,30,31,32). The molecule has 0 unspecified atom stereocenters. The van der Waals surface area contributed by atoms with Crippen LogP contribution in [0.5, 0.6) is 0 Å². The number of para-hydroxylation sites is 1. The second kappa shape index (κ2) is 8.38. The molecule has 0 saturated heterocycles. The SMILES string of the molecule is Cc1ccc(NC(=O)c2c[nH]c3ccccc23)cc1Nc1ncccc1-c1ncnc2[nH]cnc12. The van der Waals surface area contributed by atoms with Gasteiger partial charge in [-0.05, 0) is 42.8 Å². The highest BCUT2D eigenvalue weighted by Crippen LogP contribution is 2.32. The molecule has 35 heavy (non-hydrogen) atoms. The Morgan fingerprint density at radius 2 is 1.86 bits per heavy atom. The number of carbonyl (C=O) groups excluding carboxylic acids is 1. The molecule has 9 heteroatoms. The fraction of sp³-hybridized carbons (Fsp3) is 0.0385. The Labute approximate surface area is 199 Å². The number of fused-ring (bicyclic) bond motifs is 2. The minimum Gasteiger partial charge on any atom is -0.360 e. The number of nitrogens with one attached hydrogen (secondary N) is 4. The highest BCUT2D eigenvalue weighted by Gasteiger charge is 2.16. The lowest BCUT2D eigenvalue weighted by Gasteiger charge is -2.14. The van der Waals surface area contributed by atoms with Crippen LogP contribution in [0.1, 0.15) is 15.9 Å². The molecule has 0 spiro atoms. The third-order valence-electron chi connectivity index (χ3n) is 5.86. The molecule has 0 saturated carbocycles. The van der Waals surface area contributed by atoms with Crippen molar-refractivity contribution in [1.29, 1.82) is 0 Å². The van der Waals surface area contributed by atoms with Crippen LogP contribution in [0.4, 0.5) is 17.2 Å². The second-order valence-corrected chi connectivity index (χ2v) is 8.08. The number of pyridine rings is 1. The zero-order chi connectivity index (χ0) is 23.8. The molecular weight excluding hydrogens is 440 g/mol. The number of rotatable bonds is 5. The number of imidazole rings is 1. The zero-order valence-electron chi connectivity index (χ0n) is 18.7. The summed E-state index contributed by atoms with van der Waals surface area (Å²) in [6, 6.07) is 17.2. The topological polar surface area (TPSA) is 124 Å². The van der Waals surface area contributed by atoms with Gasteiger partial charge in [0.15, 0.2) is 5.65 Å². The van der Waals surface area contributed by atoms with Gasteiger partial charge < -0.3 is 20.6 Å². The van der Waals surface area contributed by atoms with Gasteiger partial charge in [-0.25, -0.2) is 19.9 Å². The minimum atomic E-state index is -0.183. The molecule has 0 fully saturated rings. The number of H-pyrrole nitrogens is 2. The van der Waals surface area contributed by atoms with E-state index in [0.29, 0.717) is 33.9 Å². The minimum absolute atomic E-state index is 0.183. The Kier molecular flexibility index (Phi) is 4.92. The first-order chi connectivity index (χ1) is 17.2. The van der Waals surface area contributed by atoms with Crippen LogP contribution in [-0.4, -0.2) is 35.8 Å². The van der Waals surface area contributed by atoms with Crippen molar-refractivity contribution in [2.75, 3.05) is 10.6 Å². The van der Waals surface area contributed by atoms with Crippen LogP contribution in [0.3, 0.4) is 0 Å². The van der Waals surface area contributed by atoms with E-state index in [0.717, 1.165) is 27.7 Å². The highest BCUT2D eigenvalue weighted by molar-refractivity contribution is 6.13. The van der Waals surface area contributed by atoms with Crippen molar-refractivity contribution in [3.63, 3.8) is 0 Å². The number of carbonyl (C=O) groups is 1. The van der Waals surface area contributed by atoms with Crippen LogP contribution in [0.15, 0.2) is 79.6 Å². The molecule has 0 radical (unpaired) electrons. The van der Waals surface area contributed by atoms with Crippen LogP contribution in [-0.2, 0) is 0 Å². The number of hydrogen-bond donors (Lipinski definition) is 4. The molecule has 6 aromatic rings. The molecule has 0 atom stereocenters. The molecule has 170 valence electrons. The van der Waals surface area contributed by atoms with Crippen LogP contribution >= 0.6 is 0 Å². The maximum atomic E-state index is 13.0. The summed E-state index contributed by atoms with van der Waals surface area (Å²) in [6.07, 6.45) is 6.53. The van der Waals surface area contributed by atoms with Gasteiger partial charge in [0.05, 0.1) is 11.9 Å². The van der Waals surface area contributed by atoms with Gasteiger partial charge in [0.1, 0.15) is 23.4 Å². The molecule has 4 aromatic heterocycles. The number of nitrogens with zero attached hydrogens (tertiary/aromatic N) is 4. The Balaban J connectivity index is 1.32. The van der Waals surface area contributed by atoms with Crippen molar-refractivity contribution in [2.24, 2.45) is 0 Å². The first-order valence-electron chi connectivity index (χ1n) is 11.0. The number of anilines is 3. The Morgan fingerprint density at radius 1 is 0.943 bits per heavy atom. The van der Waals surface area contributed by atoms with E-state index < -0.39 is 0 Å². The lowest BCUT2D eigenvalue weighted by Crippen LogP contribution is -2.11. The molecule has 4 heterocycles. The summed E-state index contributed by atoms with van der Waals surface area (Å²) in [5.74, 6) is 0.441. The molecule has 0 aliphatic heterocycles. The molecule has 2 aromatic carbocycles. The summed E-state index contributed by atoms with van der Waals surface area (Å²) in [5.41, 5.74) is 6.78. The third kappa shape index (κ3) is 3.74. The van der Waals surface area contributed by atoms with Gasteiger partial charge in [0, 0.05) is 40.2 Å². The molecular formula is C26H20N8O. The average molecular weight is 461 g/mol. The van der Waals surface area contributed by atoms with E-state index in [-0.39, 0.29) is 5.91 Å². The lowest BCUT2D eigenvalue weighted by molar-refractivity contribution is 0.102. The maximum Gasteiger partial charge on any atom is 0.257 e. The monoisotopic (exact) mass is 460 g/mol. The van der Waals surface area contributed by atoms with Crippen LogP contribution in [0, 0.1) is 6.92 Å². The zero-order valence-corrected chi connectivity index (χ0v) is 18.7. The number of aromatic amines is 2. The summed E-state index contributed by atoms with van der Waals surface area (Å²) >= 11 is 0. The van der Waals surface area contributed by atoms with Gasteiger partial charge in [-0.1, -0.05) is 24.3 Å². The first kappa shape index (κ1) is 20.5. The highest BCUT2D eigenvalue weighted by atomic mass is 16.1. The summed E-state index contributed by atoms with van der Waals surface area (Å²) in [6.45, 7) is 1.99.